The summed E-state index contributed by atoms with van der Waals surface area (Å²) in [4.78, 5) is 26.4. The Morgan fingerprint density at radius 3 is 2.75 bits per heavy atom. The molecule has 2 heterocycles. The molecular weight excluding hydrogens is 316 g/mol. The highest BCUT2D eigenvalue weighted by Crippen LogP contribution is 2.21. The van der Waals surface area contributed by atoms with E-state index in [1.165, 1.54) is 24.3 Å². The number of rotatable bonds is 3. The minimum Gasteiger partial charge on any atom is -0.733 e. The number of hydrogen-bond acceptors (Lipinski definition) is 8. The summed E-state index contributed by atoms with van der Waals surface area (Å²) in [6.45, 7) is 1.65. The lowest BCUT2D eigenvalue weighted by Gasteiger charge is -2.28. The summed E-state index contributed by atoms with van der Waals surface area (Å²) in [5.41, 5.74) is -0.849. The molecule has 128 valence electrons. The van der Waals surface area contributed by atoms with Crippen LogP contribution < -0.4 is 10.9 Å². The summed E-state index contributed by atoms with van der Waals surface area (Å²) in [5, 5.41) is 19.9. The van der Waals surface area contributed by atoms with E-state index in [2.05, 4.69) is 4.90 Å². The number of esters is 1. The van der Waals surface area contributed by atoms with Gasteiger partial charge in [0.2, 0.25) is 0 Å². The molecule has 0 bridgehead atoms. The molecule has 1 aliphatic rings. The predicted octanol–water partition coefficient (Wildman–Crippen LogP) is 1.74. The van der Waals surface area contributed by atoms with Crippen molar-refractivity contribution in [3.63, 3.8) is 0 Å². The van der Waals surface area contributed by atoms with Crippen molar-refractivity contribution in [3.05, 3.63) is 45.5 Å². The van der Waals surface area contributed by atoms with E-state index in [-0.39, 0.29) is 28.2 Å². The molecule has 8 heteroatoms. The van der Waals surface area contributed by atoms with Crippen molar-refractivity contribution < 1.29 is 19.2 Å². The van der Waals surface area contributed by atoms with Gasteiger partial charge in [-0.15, -0.1) is 0 Å². The van der Waals surface area contributed by atoms with Gasteiger partial charge < -0.3 is 24.5 Å². The first-order valence-electron chi connectivity index (χ1n) is 7.57. The highest BCUT2D eigenvalue weighted by atomic mass is 16.8. The first-order chi connectivity index (χ1) is 11.4. The Morgan fingerprint density at radius 2 is 2.08 bits per heavy atom. The van der Waals surface area contributed by atoms with Crippen LogP contribution in [-0.4, -0.2) is 42.3 Å². The molecule has 0 atom stereocenters. The number of anilines is 1. The Morgan fingerprint density at radius 1 is 1.38 bits per heavy atom. The molecule has 0 unspecified atom stereocenters. The number of benzene rings is 1. The van der Waals surface area contributed by atoms with Crippen LogP contribution in [0.3, 0.4) is 0 Å². The molecule has 1 aromatic heterocycles. The third kappa shape index (κ3) is 3.40. The SMILES string of the molecule is CN1CCC(OC(=O)c2cc3cc(N([O-])O)ccc3oc2=O)CC1. The van der Waals surface area contributed by atoms with Gasteiger partial charge in [0.15, 0.2) is 0 Å². The summed E-state index contributed by atoms with van der Waals surface area (Å²) in [6, 6.07) is 5.30. The summed E-state index contributed by atoms with van der Waals surface area (Å²) >= 11 is 0. The number of likely N-dealkylation sites (tertiary alicyclic amines) is 1. The van der Waals surface area contributed by atoms with E-state index < -0.39 is 11.6 Å². The normalized spacial score (nSPS) is 16.3. The van der Waals surface area contributed by atoms with E-state index in [9.17, 15) is 14.8 Å². The van der Waals surface area contributed by atoms with Gasteiger partial charge in [-0.25, -0.2) is 9.59 Å². The third-order valence-corrected chi connectivity index (χ3v) is 4.10. The highest BCUT2D eigenvalue weighted by Gasteiger charge is 2.23. The molecule has 0 saturated carbocycles. The molecule has 1 saturated heterocycles. The highest BCUT2D eigenvalue weighted by molar-refractivity contribution is 5.93. The van der Waals surface area contributed by atoms with E-state index in [1.807, 2.05) is 7.05 Å². The summed E-state index contributed by atoms with van der Waals surface area (Å²) in [5.74, 6) is -0.742. The smallest absolute Gasteiger partial charge is 0.351 e. The van der Waals surface area contributed by atoms with Gasteiger partial charge in [-0.1, -0.05) is 0 Å². The first-order valence-corrected chi connectivity index (χ1v) is 7.57. The quantitative estimate of drug-likeness (QED) is 0.514. The summed E-state index contributed by atoms with van der Waals surface area (Å²) in [7, 11) is 1.99. The molecule has 24 heavy (non-hydrogen) atoms. The van der Waals surface area contributed by atoms with Gasteiger partial charge in [-0.05, 0) is 44.2 Å². The van der Waals surface area contributed by atoms with Crippen molar-refractivity contribution in [2.45, 2.75) is 18.9 Å². The maximum atomic E-state index is 12.3. The van der Waals surface area contributed by atoms with Crippen LogP contribution in [0.2, 0.25) is 0 Å². The van der Waals surface area contributed by atoms with Gasteiger partial charge in [0.05, 0.1) is 5.69 Å². The van der Waals surface area contributed by atoms with Crippen LogP contribution >= 0.6 is 0 Å². The molecule has 1 N–H and O–H groups in total. The summed E-state index contributed by atoms with van der Waals surface area (Å²) in [6.07, 6.45) is 1.19. The minimum atomic E-state index is -0.795. The van der Waals surface area contributed by atoms with Gasteiger partial charge in [0.25, 0.3) is 0 Å². The van der Waals surface area contributed by atoms with Crippen molar-refractivity contribution in [2.75, 3.05) is 25.4 Å². The number of ether oxygens (including phenoxy) is 1. The summed E-state index contributed by atoms with van der Waals surface area (Å²) < 4.78 is 10.5. The fourth-order valence-electron chi connectivity index (χ4n) is 2.69. The molecule has 3 rings (SSSR count). The number of hydrogen-bond donors (Lipinski definition) is 1. The van der Waals surface area contributed by atoms with Crippen LogP contribution in [0.25, 0.3) is 11.0 Å². The molecule has 0 aliphatic carbocycles. The second-order valence-corrected chi connectivity index (χ2v) is 5.85. The van der Waals surface area contributed by atoms with Gasteiger partial charge in [0, 0.05) is 18.5 Å². The number of nitrogens with zero attached hydrogens (tertiary/aromatic N) is 2. The predicted molar refractivity (Wildman–Crippen MR) is 86.1 cm³/mol. The van der Waals surface area contributed by atoms with Crippen molar-refractivity contribution in [1.82, 2.24) is 4.90 Å². The standard InChI is InChI=1S/C16H17N2O6/c1-17-6-4-12(5-7-17)23-15(19)13-9-10-8-11(18(21)22)2-3-14(10)24-16(13)20/h2-3,8-9,12,21H,4-7H2,1H3/q-1. The number of fused-ring (bicyclic) bond motifs is 1. The zero-order chi connectivity index (χ0) is 17.3. The maximum absolute atomic E-state index is 12.3. The molecule has 1 fully saturated rings. The second-order valence-electron chi connectivity index (χ2n) is 5.85. The molecule has 2 aromatic rings. The number of carbonyl (C=O) groups excluding carboxylic acids is 1. The van der Waals surface area contributed by atoms with Crippen LogP contribution in [0.4, 0.5) is 5.69 Å². The van der Waals surface area contributed by atoms with E-state index in [1.54, 1.807) is 0 Å². The van der Waals surface area contributed by atoms with E-state index in [0.717, 1.165) is 13.1 Å². The average molecular weight is 333 g/mol. The Hall–Kier alpha value is -2.42. The van der Waals surface area contributed by atoms with Gasteiger partial charge in [-0.3, -0.25) is 5.21 Å². The van der Waals surface area contributed by atoms with Crippen LogP contribution in [0, 0.1) is 5.21 Å². The Bertz CT molecular complexity index is 808. The van der Waals surface area contributed by atoms with Gasteiger partial charge in [0.1, 0.15) is 17.3 Å². The van der Waals surface area contributed by atoms with Crippen molar-refractivity contribution in [2.24, 2.45) is 0 Å². The molecule has 1 aliphatic heterocycles. The second kappa shape index (κ2) is 6.60. The maximum Gasteiger partial charge on any atom is 0.351 e. The number of piperidine rings is 1. The van der Waals surface area contributed by atoms with Gasteiger partial charge >= 0.3 is 11.6 Å². The fraction of sp³-hybridized carbons (Fsp3) is 0.375. The lowest BCUT2D eigenvalue weighted by Crippen LogP contribution is -2.35. The molecule has 0 amide bonds. The van der Waals surface area contributed by atoms with Crippen molar-refractivity contribution >= 4 is 22.6 Å². The van der Waals surface area contributed by atoms with E-state index in [0.29, 0.717) is 18.2 Å². The molecule has 8 nitrogen and oxygen atoms in total. The molecule has 0 radical (unpaired) electrons. The van der Waals surface area contributed by atoms with E-state index in [4.69, 9.17) is 14.4 Å². The average Bonchev–Trinajstić information content (AvgIpc) is 2.55. The van der Waals surface area contributed by atoms with Crippen LogP contribution in [-0.2, 0) is 4.74 Å². The largest absolute Gasteiger partial charge is 0.733 e. The van der Waals surface area contributed by atoms with Crippen molar-refractivity contribution in [1.29, 1.82) is 0 Å². The lowest BCUT2D eigenvalue weighted by molar-refractivity contribution is 0.0135. The molecule has 0 spiro atoms. The topological polar surface area (TPSA) is 106 Å². The zero-order valence-corrected chi connectivity index (χ0v) is 13.1. The molecule has 1 aromatic carbocycles. The Balaban J connectivity index is 1.86. The third-order valence-electron chi connectivity index (χ3n) is 4.10. The van der Waals surface area contributed by atoms with Crippen LogP contribution in [0.15, 0.2) is 33.5 Å². The minimum absolute atomic E-state index is 0.0361. The fourth-order valence-corrected chi connectivity index (χ4v) is 2.69. The Kier molecular flexibility index (Phi) is 4.52. The monoisotopic (exact) mass is 333 g/mol. The Labute approximate surface area is 137 Å². The lowest BCUT2D eigenvalue weighted by atomic mass is 10.1. The zero-order valence-electron chi connectivity index (χ0n) is 13.1. The van der Waals surface area contributed by atoms with E-state index >= 15 is 0 Å². The van der Waals surface area contributed by atoms with Crippen LogP contribution in [0.1, 0.15) is 23.2 Å². The molecular formula is C16H17N2O6-. The van der Waals surface area contributed by atoms with Crippen LogP contribution in [0.5, 0.6) is 0 Å². The number of carbonyl (C=O) groups is 1. The van der Waals surface area contributed by atoms with Crippen molar-refractivity contribution in [3.8, 4) is 0 Å². The van der Waals surface area contributed by atoms with Gasteiger partial charge in [-0.2, -0.15) is 0 Å². The first kappa shape index (κ1) is 16.4.